The zero-order chi connectivity index (χ0) is 12.2. The summed E-state index contributed by atoms with van der Waals surface area (Å²) in [5.74, 6) is 0.655. The minimum Gasteiger partial charge on any atom is -0.473 e. The van der Waals surface area contributed by atoms with E-state index in [9.17, 15) is 0 Å². The Morgan fingerprint density at radius 2 is 2.06 bits per heavy atom. The highest BCUT2D eigenvalue weighted by Crippen LogP contribution is 2.28. The summed E-state index contributed by atoms with van der Waals surface area (Å²) >= 11 is 1.66. The molecule has 1 saturated heterocycles. The second-order valence-corrected chi connectivity index (χ2v) is 5.07. The van der Waals surface area contributed by atoms with Gasteiger partial charge in [0.2, 0.25) is 5.88 Å². The molecule has 94 valence electrons. The fourth-order valence-electron chi connectivity index (χ4n) is 2.08. The van der Waals surface area contributed by atoms with E-state index in [1.54, 1.807) is 23.7 Å². The van der Waals surface area contributed by atoms with E-state index in [1.165, 1.54) is 0 Å². The van der Waals surface area contributed by atoms with E-state index in [1.807, 2.05) is 11.4 Å². The molecule has 0 aromatic carbocycles. The van der Waals surface area contributed by atoms with Gasteiger partial charge in [0.25, 0.3) is 0 Å². The maximum atomic E-state index is 6.00. The van der Waals surface area contributed by atoms with Crippen molar-refractivity contribution in [1.82, 2.24) is 15.3 Å². The quantitative estimate of drug-likeness (QED) is 0.921. The first-order valence-electron chi connectivity index (χ1n) is 6.14. The first-order chi connectivity index (χ1) is 8.93. The van der Waals surface area contributed by atoms with Crippen LogP contribution in [0.1, 0.15) is 12.8 Å². The normalized spacial score (nSPS) is 16.7. The van der Waals surface area contributed by atoms with E-state index in [-0.39, 0.29) is 6.10 Å². The number of hydrogen-bond donors (Lipinski definition) is 1. The van der Waals surface area contributed by atoms with Gasteiger partial charge in [0.05, 0.1) is 0 Å². The topological polar surface area (TPSA) is 47.0 Å². The van der Waals surface area contributed by atoms with E-state index in [4.69, 9.17) is 4.74 Å². The van der Waals surface area contributed by atoms with Crippen LogP contribution in [0.5, 0.6) is 5.88 Å². The van der Waals surface area contributed by atoms with Gasteiger partial charge in [-0.3, -0.25) is 0 Å². The van der Waals surface area contributed by atoms with Crippen molar-refractivity contribution < 1.29 is 4.74 Å². The molecule has 2 aromatic heterocycles. The van der Waals surface area contributed by atoms with Crippen molar-refractivity contribution >= 4 is 11.3 Å². The molecule has 5 heteroatoms. The van der Waals surface area contributed by atoms with Crippen LogP contribution >= 0.6 is 11.3 Å². The van der Waals surface area contributed by atoms with Crippen LogP contribution in [0.3, 0.4) is 0 Å². The summed E-state index contributed by atoms with van der Waals surface area (Å²) in [4.78, 5) is 8.72. The first-order valence-corrected chi connectivity index (χ1v) is 7.09. The van der Waals surface area contributed by atoms with Crippen molar-refractivity contribution in [3.63, 3.8) is 0 Å². The fraction of sp³-hybridized carbons (Fsp3) is 0.385. The smallest absolute Gasteiger partial charge is 0.240 e. The molecular weight excluding hydrogens is 246 g/mol. The molecule has 3 rings (SSSR count). The Bertz CT molecular complexity index is 495. The van der Waals surface area contributed by atoms with E-state index >= 15 is 0 Å². The van der Waals surface area contributed by atoms with E-state index in [2.05, 4.69) is 20.7 Å². The van der Waals surface area contributed by atoms with Crippen LogP contribution in [0.25, 0.3) is 11.3 Å². The Morgan fingerprint density at radius 1 is 1.22 bits per heavy atom. The Labute approximate surface area is 110 Å². The third kappa shape index (κ3) is 2.52. The number of rotatable bonds is 3. The molecule has 0 amide bonds. The van der Waals surface area contributed by atoms with E-state index in [0.29, 0.717) is 5.88 Å². The molecule has 1 aliphatic rings. The van der Waals surface area contributed by atoms with Gasteiger partial charge >= 0.3 is 0 Å². The number of nitrogens with one attached hydrogen (secondary N) is 1. The number of hydrogen-bond acceptors (Lipinski definition) is 5. The number of piperidine rings is 1. The molecular formula is C13H15N3OS. The van der Waals surface area contributed by atoms with Crippen molar-refractivity contribution in [2.45, 2.75) is 18.9 Å². The molecule has 3 heterocycles. The molecule has 4 nitrogen and oxygen atoms in total. The molecule has 1 N–H and O–H groups in total. The van der Waals surface area contributed by atoms with Crippen LogP contribution in [0, 0.1) is 0 Å². The molecule has 18 heavy (non-hydrogen) atoms. The molecule has 0 bridgehead atoms. The minimum absolute atomic E-state index is 0.250. The largest absolute Gasteiger partial charge is 0.473 e. The van der Waals surface area contributed by atoms with E-state index in [0.717, 1.165) is 37.2 Å². The molecule has 1 fully saturated rings. The Hall–Kier alpha value is -1.46. The van der Waals surface area contributed by atoms with Crippen LogP contribution < -0.4 is 10.1 Å². The SMILES string of the molecule is c1cnc(-c2ccsc2)c(OC2CCNCC2)n1. The van der Waals surface area contributed by atoms with Crippen LogP contribution in [0.4, 0.5) is 0 Å². The average molecular weight is 261 g/mol. The summed E-state index contributed by atoms with van der Waals surface area (Å²) in [6.45, 7) is 2.03. The summed E-state index contributed by atoms with van der Waals surface area (Å²) in [5.41, 5.74) is 1.93. The van der Waals surface area contributed by atoms with Crippen molar-refractivity contribution in [1.29, 1.82) is 0 Å². The van der Waals surface area contributed by atoms with Crippen molar-refractivity contribution in [2.75, 3.05) is 13.1 Å². The lowest BCUT2D eigenvalue weighted by atomic mass is 10.1. The van der Waals surface area contributed by atoms with Crippen LogP contribution in [0.15, 0.2) is 29.2 Å². The Balaban J connectivity index is 1.83. The van der Waals surface area contributed by atoms with Gasteiger partial charge in [0, 0.05) is 23.3 Å². The maximum Gasteiger partial charge on any atom is 0.240 e. The van der Waals surface area contributed by atoms with Gasteiger partial charge in [-0.1, -0.05) is 0 Å². The maximum absolute atomic E-state index is 6.00. The zero-order valence-electron chi connectivity index (χ0n) is 10.0. The van der Waals surface area contributed by atoms with Crippen LogP contribution in [0.2, 0.25) is 0 Å². The molecule has 0 aliphatic carbocycles. The molecule has 0 saturated carbocycles. The third-order valence-electron chi connectivity index (χ3n) is 3.02. The van der Waals surface area contributed by atoms with Crippen molar-refractivity contribution in [2.24, 2.45) is 0 Å². The standard InChI is InChI=1S/C13H15N3OS/c1-4-14-5-2-11(1)17-13-12(15-6-7-16-13)10-3-8-18-9-10/h3,6-9,11,14H,1-2,4-5H2. The number of nitrogens with zero attached hydrogens (tertiary/aromatic N) is 2. The van der Waals surface area contributed by atoms with Gasteiger partial charge in [0.15, 0.2) is 0 Å². The summed E-state index contributed by atoms with van der Waals surface area (Å²) in [6.07, 6.45) is 5.70. The van der Waals surface area contributed by atoms with Crippen molar-refractivity contribution in [3.05, 3.63) is 29.2 Å². The highest BCUT2D eigenvalue weighted by Gasteiger charge is 2.18. The lowest BCUT2D eigenvalue weighted by molar-refractivity contribution is 0.156. The molecule has 0 radical (unpaired) electrons. The lowest BCUT2D eigenvalue weighted by Crippen LogP contribution is -2.34. The molecule has 0 spiro atoms. The molecule has 0 atom stereocenters. The monoisotopic (exact) mass is 261 g/mol. The van der Waals surface area contributed by atoms with E-state index < -0.39 is 0 Å². The average Bonchev–Trinajstić information content (AvgIpc) is 2.94. The van der Waals surface area contributed by atoms with Gasteiger partial charge in [-0.25, -0.2) is 9.97 Å². The summed E-state index contributed by atoms with van der Waals surface area (Å²) in [6, 6.07) is 2.05. The zero-order valence-corrected chi connectivity index (χ0v) is 10.8. The fourth-order valence-corrected chi connectivity index (χ4v) is 2.72. The lowest BCUT2D eigenvalue weighted by Gasteiger charge is -2.23. The number of ether oxygens (including phenoxy) is 1. The predicted molar refractivity (Wildman–Crippen MR) is 71.9 cm³/mol. The van der Waals surface area contributed by atoms with Gasteiger partial charge in [0.1, 0.15) is 11.8 Å². The van der Waals surface area contributed by atoms with Gasteiger partial charge in [-0.05, 0) is 37.4 Å². The number of aromatic nitrogens is 2. The van der Waals surface area contributed by atoms with Crippen LogP contribution in [-0.4, -0.2) is 29.2 Å². The first kappa shape index (κ1) is 11.6. The molecule has 0 unspecified atom stereocenters. The van der Waals surface area contributed by atoms with Gasteiger partial charge in [-0.2, -0.15) is 11.3 Å². The Kier molecular flexibility index (Phi) is 3.52. The highest BCUT2D eigenvalue weighted by molar-refractivity contribution is 7.08. The molecule has 2 aromatic rings. The summed E-state index contributed by atoms with van der Waals surface area (Å²) < 4.78 is 6.00. The summed E-state index contributed by atoms with van der Waals surface area (Å²) in [5, 5.41) is 7.44. The minimum atomic E-state index is 0.250. The second kappa shape index (κ2) is 5.46. The number of thiophene rings is 1. The summed E-state index contributed by atoms with van der Waals surface area (Å²) in [7, 11) is 0. The van der Waals surface area contributed by atoms with Crippen molar-refractivity contribution in [3.8, 4) is 17.1 Å². The predicted octanol–water partition coefficient (Wildman–Crippen LogP) is 2.34. The van der Waals surface area contributed by atoms with Crippen LogP contribution in [-0.2, 0) is 0 Å². The second-order valence-electron chi connectivity index (χ2n) is 4.29. The molecule has 1 aliphatic heterocycles. The Morgan fingerprint density at radius 3 is 2.83 bits per heavy atom. The highest BCUT2D eigenvalue weighted by atomic mass is 32.1. The third-order valence-corrected chi connectivity index (χ3v) is 3.71. The van der Waals surface area contributed by atoms with Gasteiger partial charge < -0.3 is 10.1 Å². The van der Waals surface area contributed by atoms with Gasteiger partial charge in [-0.15, -0.1) is 0 Å².